The van der Waals surface area contributed by atoms with Crippen LogP contribution in [0.3, 0.4) is 0 Å². The molecule has 0 unspecified atom stereocenters. The summed E-state index contributed by atoms with van der Waals surface area (Å²) in [5.41, 5.74) is -0.881. The van der Waals surface area contributed by atoms with Crippen LogP contribution in [-0.4, -0.2) is 41.6 Å². The number of amides is 1. The van der Waals surface area contributed by atoms with Crippen molar-refractivity contribution in [2.75, 3.05) is 13.2 Å². The van der Waals surface area contributed by atoms with Crippen LogP contribution in [-0.2, 0) is 14.3 Å². The standard InChI is InChI=1S/C13H14F5NO3/c1-5-6-19(12(2,3)4)10(20)11(21)22-7-8(14)9(15)13(16,17)18/h1H,6-7H2,2-4H3/b9-8+. The van der Waals surface area contributed by atoms with Crippen LogP contribution in [0.15, 0.2) is 11.7 Å². The number of terminal acetylenes is 1. The van der Waals surface area contributed by atoms with E-state index < -0.39 is 41.9 Å². The molecule has 0 aromatic heterocycles. The summed E-state index contributed by atoms with van der Waals surface area (Å²) >= 11 is 0. The number of hydrogen-bond acceptors (Lipinski definition) is 3. The Kier molecular flexibility index (Phi) is 6.55. The Hall–Kier alpha value is -2.11. The number of nitrogens with zero attached hydrogens (tertiary/aromatic N) is 1. The fourth-order valence-electron chi connectivity index (χ4n) is 1.22. The Balaban J connectivity index is 4.95. The molecule has 0 bridgehead atoms. The molecule has 0 aliphatic rings. The van der Waals surface area contributed by atoms with Gasteiger partial charge in [0.2, 0.25) is 5.83 Å². The molecule has 0 atom stereocenters. The molecule has 0 rings (SSSR count). The fraction of sp³-hybridized carbons (Fsp3) is 0.538. The predicted molar refractivity (Wildman–Crippen MR) is 66.6 cm³/mol. The summed E-state index contributed by atoms with van der Waals surface area (Å²) in [6.07, 6.45) is -0.504. The Morgan fingerprint density at radius 2 is 1.68 bits per heavy atom. The number of alkyl halides is 3. The maximum atomic E-state index is 12.8. The Morgan fingerprint density at radius 3 is 2.05 bits per heavy atom. The lowest BCUT2D eigenvalue weighted by Gasteiger charge is -2.33. The number of esters is 1. The molecule has 124 valence electrons. The highest BCUT2D eigenvalue weighted by Gasteiger charge is 2.39. The van der Waals surface area contributed by atoms with Gasteiger partial charge in [-0.15, -0.1) is 6.42 Å². The average Bonchev–Trinajstić information content (AvgIpc) is 2.37. The number of ether oxygens (including phenoxy) is 1. The number of allylic oxidation sites excluding steroid dienone is 1. The second-order valence-corrected chi connectivity index (χ2v) is 5.06. The van der Waals surface area contributed by atoms with Crippen LogP contribution in [0.5, 0.6) is 0 Å². The molecule has 0 fully saturated rings. The van der Waals surface area contributed by atoms with E-state index in [1.165, 1.54) is 0 Å². The molecule has 0 aliphatic heterocycles. The normalized spacial score (nSPS) is 13.0. The van der Waals surface area contributed by atoms with E-state index in [1.54, 1.807) is 20.8 Å². The van der Waals surface area contributed by atoms with Crippen LogP contribution in [0, 0.1) is 12.3 Å². The van der Waals surface area contributed by atoms with Crippen LogP contribution < -0.4 is 0 Å². The van der Waals surface area contributed by atoms with Gasteiger partial charge in [-0.3, -0.25) is 4.79 Å². The van der Waals surface area contributed by atoms with E-state index in [0.29, 0.717) is 0 Å². The quantitative estimate of drug-likeness (QED) is 0.346. The Bertz CT molecular complexity index is 511. The molecule has 0 heterocycles. The molecule has 0 aromatic carbocycles. The lowest BCUT2D eigenvalue weighted by molar-refractivity contribution is -0.162. The maximum Gasteiger partial charge on any atom is 0.445 e. The van der Waals surface area contributed by atoms with Crippen molar-refractivity contribution in [1.82, 2.24) is 4.90 Å². The van der Waals surface area contributed by atoms with Gasteiger partial charge in [-0.2, -0.15) is 17.6 Å². The van der Waals surface area contributed by atoms with Crippen molar-refractivity contribution >= 4 is 11.9 Å². The topological polar surface area (TPSA) is 46.6 Å². The minimum absolute atomic E-state index is 0.271. The molecule has 0 radical (unpaired) electrons. The van der Waals surface area contributed by atoms with Crippen molar-refractivity contribution in [1.29, 1.82) is 0 Å². The minimum Gasteiger partial charge on any atom is -0.451 e. The van der Waals surface area contributed by atoms with Crippen molar-refractivity contribution in [3.8, 4) is 12.3 Å². The highest BCUT2D eigenvalue weighted by Crippen LogP contribution is 2.29. The molecule has 0 N–H and O–H groups in total. The predicted octanol–water partition coefficient (Wildman–Crippen LogP) is 2.50. The highest BCUT2D eigenvalue weighted by molar-refractivity contribution is 6.32. The summed E-state index contributed by atoms with van der Waals surface area (Å²) in [6.45, 7) is 2.70. The van der Waals surface area contributed by atoms with E-state index in [4.69, 9.17) is 6.42 Å². The zero-order valence-corrected chi connectivity index (χ0v) is 12.1. The molecule has 22 heavy (non-hydrogen) atoms. The van der Waals surface area contributed by atoms with Gasteiger partial charge in [0, 0.05) is 5.54 Å². The summed E-state index contributed by atoms with van der Waals surface area (Å²) in [4.78, 5) is 24.1. The van der Waals surface area contributed by atoms with E-state index in [-0.39, 0.29) is 6.54 Å². The first-order valence-corrected chi connectivity index (χ1v) is 5.86. The lowest BCUT2D eigenvalue weighted by atomic mass is 10.1. The summed E-state index contributed by atoms with van der Waals surface area (Å²) < 4.78 is 64.9. The Labute approximate surface area is 123 Å². The second-order valence-electron chi connectivity index (χ2n) is 5.06. The van der Waals surface area contributed by atoms with Crippen molar-refractivity contribution in [3.63, 3.8) is 0 Å². The highest BCUT2D eigenvalue weighted by atomic mass is 19.4. The molecule has 4 nitrogen and oxygen atoms in total. The van der Waals surface area contributed by atoms with E-state index in [0.717, 1.165) is 4.90 Å². The third-order valence-corrected chi connectivity index (χ3v) is 2.30. The molecular weight excluding hydrogens is 313 g/mol. The fourth-order valence-corrected chi connectivity index (χ4v) is 1.22. The smallest absolute Gasteiger partial charge is 0.445 e. The second kappa shape index (κ2) is 7.24. The van der Waals surface area contributed by atoms with Gasteiger partial charge in [0.1, 0.15) is 6.61 Å². The number of rotatable bonds is 3. The van der Waals surface area contributed by atoms with Gasteiger partial charge >= 0.3 is 18.1 Å². The summed E-state index contributed by atoms with van der Waals surface area (Å²) in [7, 11) is 0. The molecule has 0 saturated carbocycles. The molecule has 9 heteroatoms. The van der Waals surface area contributed by atoms with Crippen molar-refractivity contribution in [2.45, 2.75) is 32.5 Å². The van der Waals surface area contributed by atoms with E-state index in [1.807, 2.05) is 0 Å². The van der Waals surface area contributed by atoms with E-state index >= 15 is 0 Å². The molecule has 0 spiro atoms. The Morgan fingerprint density at radius 1 is 1.18 bits per heavy atom. The van der Waals surface area contributed by atoms with Gasteiger partial charge in [-0.25, -0.2) is 9.18 Å². The molecule has 0 aliphatic carbocycles. The van der Waals surface area contributed by atoms with Gasteiger partial charge in [-0.1, -0.05) is 5.92 Å². The first-order valence-electron chi connectivity index (χ1n) is 5.86. The van der Waals surface area contributed by atoms with Gasteiger partial charge in [0.05, 0.1) is 6.54 Å². The van der Waals surface area contributed by atoms with Crippen molar-refractivity contribution < 1.29 is 36.3 Å². The first-order chi connectivity index (χ1) is 9.82. The third-order valence-electron chi connectivity index (χ3n) is 2.30. The molecule has 0 saturated heterocycles. The SMILES string of the molecule is C#CCN(C(=O)C(=O)OC/C(F)=C(\F)C(F)(F)F)C(C)(C)C. The summed E-state index contributed by atoms with van der Waals surface area (Å²) in [5.74, 6) is -6.16. The van der Waals surface area contributed by atoms with Crippen LogP contribution in [0.2, 0.25) is 0 Å². The van der Waals surface area contributed by atoms with Crippen LogP contribution in [0.1, 0.15) is 20.8 Å². The molecule has 1 amide bonds. The third kappa shape index (κ3) is 5.71. The van der Waals surface area contributed by atoms with E-state index in [2.05, 4.69) is 10.7 Å². The van der Waals surface area contributed by atoms with Gasteiger partial charge in [0.25, 0.3) is 0 Å². The summed E-state index contributed by atoms with van der Waals surface area (Å²) in [5, 5.41) is 0. The number of carbonyl (C=O) groups is 2. The zero-order valence-electron chi connectivity index (χ0n) is 12.1. The van der Waals surface area contributed by atoms with Crippen molar-refractivity contribution in [2.24, 2.45) is 0 Å². The van der Waals surface area contributed by atoms with Gasteiger partial charge < -0.3 is 9.64 Å². The molecular formula is C13H14F5NO3. The molecule has 0 aromatic rings. The average molecular weight is 327 g/mol. The largest absolute Gasteiger partial charge is 0.451 e. The summed E-state index contributed by atoms with van der Waals surface area (Å²) in [6, 6.07) is 0. The van der Waals surface area contributed by atoms with E-state index in [9.17, 15) is 31.5 Å². The maximum absolute atomic E-state index is 12.8. The minimum atomic E-state index is -5.54. The van der Waals surface area contributed by atoms with Crippen LogP contribution in [0.25, 0.3) is 0 Å². The lowest BCUT2D eigenvalue weighted by Crippen LogP contribution is -2.49. The van der Waals surface area contributed by atoms with Crippen molar-refractivity contribution in [3.05, 3.63) is 11.7 Å². The van der Waals surface area contributed by atoms with Crippen LogP contribution in [0.4, 0.5) is 22.0 Å². The first kappa shape index (κ1) is 19.9. The monoisotopic (exact) mass is 327 g/mol. The van der Waals surface area contributed by atoms with Crippen LogP contribution >= 0.6 is 0 Å². The number of hydrogen-bond donors (Lipinski definition) is 0. The van der Waals surface area contributed by atoms with Gasteiger partial charge in [0.15, 0.2) is 5.83 Å². The number of halogens is 5. The number of carbonyl (C=O) groups excluding carboxylic acids is 2. The van der Waals surface area contributed by atoms with Gasteiger partial charge in [-0.05, 0) is 20.8 Å². The zero-order chi connectivity index (χ0) is 17.7.